The van der Waals surface area contributed by atoms with Crippen LogP contribution in [0.25, 0.3) is 0 Å². The summed E-state index contributed by atoms with van der Waals surface area (Å²) in [6, 6.07) is 5.09. The first kappa shape index (κ1) is 15.5. The number of carbonyl (C=O) groups is 2. The van der Waals surface area contributed by atoms with E-state index in [1.54, 1.807) is 37.3 Å². The Kier molecular flexibility index (Phi) is 4.02. The van der Waals surface area contributed by atoms with Gasteiger partial charge >= 0.3 is 6.03 Å². The molecule has 3 rings (SSSR count). The summed E-state index contributed by atoms with van der Waals surface area (Å²) in [5.74, 6) is 1.25. The number of rotatable bonds is 3. The molecule has 2 heterocycles. The molecule has 1 atom stereocenters. The smallest absolute Gasteiger partial charge is 0.321 e. The van der Waals surface area contributed by atoms with Gasteiger partial charge in [-0.25, -0.2) is 4.79 Å². The van der Waals surface area contributed by atoms with E-state index in [1.165, 1.54) is 0 Å². The molecule has 0 aromatic heterocycles. The molecule has 0 bridgehead atoms. The summed E-state index contributed by atoms with van der Waals surface area (Å²) in [5, 5.41) is 5.74. The first-order chi connectivity index (χ1) is 11.0. The molecule has 0 aliphatic carbocycles. The maximum absolute atomic E-state index is 12.4. The van der Waals surface area contributed by atoms with Crippen molar-refractivity contribution in [1.82, 2.24) is 10.2 Å². The van der Waals surface area contributed by atoms with Crippen molar-refractivity contribution in [1.29, 1.82) is 0 Å². The van der Waals surface area contributed by atoms with Crippen molar-refractivity contribution >= 4 is 17.6 Å². The third-order valence-electron chi connectivity index (χ3n) is 4.56. The fourth-order valence-corrected chi connectivity index (χ4v) is 3.27. The number of nitrogens with zero attached hydrogens (tertiary/aromatic N) is 1. The number of hydrogen-bond acceptors (Lipinski definition) is 4. The normalized spacial score (nSPS) is 23.0. The maximum atomic E-state index is 12.4. The van der Waals surface area contributed by atoms with Crippen LogP contribution < -0.4 is 20.1 Å². The van der Waals surface area contributed by atoms with E-state index < -0.39 is 0 Å². The molecule has 2 saturated heterocycles. The van der Waals surface area contributed by atoms with Crippen LogP contribution in [0.4, 0.5) is 10.5 Å². The Labute approximate surface area is 134 Å². The lowest BCUT2D eigenvalue weighted by atomic mass is 9.86. The Morgan fingerprint density at radius 1 is 1.30 bits per heavy atom. The van der Waals surface area contributed by atoms with E-state index in [0.717, 1.165) is 6.42 Å². The number of ether oxygens (including phenoxy) is 2. The molecule has 1 aromatic carbocycles. The summed E-state index contributed by atoms with van der Waals surface area (Å²) < 4.78 is 10.4. The minimum atomic E-state index is -0.159. The average Bonchev–Trinajstić information content (AvgIpc) is 3.13. The van der Waals surface area contributed by atoms with Crippen molar-refractivity contribution in [2.24, 2.45) is 5.41 Å². The van der Waals surface area contributed by atoms with E-state index in [0.29, 0.717) is 43.2 Å². The topological polar surface area (TPSA) is 79.9 Å². The number of likely N-dealkylation sites (tertiary alicyclic amines) is 1. The zero-order chi connectivity index (χ0) is 16.4. The number of benzene rings is 1. The van der Waals surface area contributed by atoms with Crippen LogP contribution in [0.5, 0.6) is 11.5 Å². The molecule has 2 aliphatic heterocycles. The minimum absolute atomic E-state index is 0.0761. The van der Waals surface area contributed by atoms with Gasteiger partial charge in [-0.05, 0) is 18.6 Å². The predicted molar refractivity (Wildman–Crippen MR) is 84.8 cm³/mol. The highest BCUT2D eigenvalue weighted by Crippen LogP contribution is 2.37. The van der Waals surface area contributed by atoms with E-state index in [1.807, 2.05) is 0 Å². The van der Waals surface area contributed by atoms with Crippen LogP contribution in [0.3, 0.4) is 0 Å². The molecule has 2 fully saturated rings. The van der Waals surface area contributed by atoms with Crippen molar-refractivity contribution < 1.29 is 19.1 Å². The Morgan fingerprint density at radius 3 is 2.74 bits per heavy atom. The second kappa shape index (κ2) is 5.98. The summed E-state index contributed by atoms with van der Waals surface area (Å²) in [5.41, 5.74) is 0.556. The van der Waals surface area contributed by atoms with Crippen molar-refractivity contribution in [3.05, 3.63) is 18.2 Å². The van der Waals surface area contributed by atoms with Gasteiger partial charge < -0.3 is 25.0 Å². The molecule has 1 unspecified atom stereocenters. The zero-order valence-corrected chi connectivity index (χ0v) is 13.3. The largest absolute Gasteiger partial charge is 0.493 e. The second-order valence-electron chi connectivity index (χ2n) is 6.12. The van der Waals surface area contributed by atoms with Crippen LogP contribution in [0.1, 0.15) is 12.8 Å². The standard InChI is InChI=1S/C16H21N3O4/c1-22-12-4-3-11(7-13(12)23-2)18-15(21)19-6-5-16(10-19)8-14(20)17-9-16/h3-4,7H,5-6,8-10H2,1-2H3,(H,17,20)(H,18,21). The number of amides is 3. The molecule has 3 amide bonds. The Hall–Kier alpha value is -2.44. The Morgan fingerprint density at radius 2 is 2.09 bits per heavy atom. The monoisotopic (exact) mass is 319 g/mol. The van der Waals surface area contributed by atoms with Crippen LogP contribution in [0, 0.1) is 5.41 Å². The SMILES string of the molecule is COc1ccc(NC(=O)N2CCC3(CNC(=O)C3)C2)cc1OC. The third-order valence-corrected chi connectivity index (χ3v) is 4.56. The van der Waals surface area contributed by atoms with E-state index in [-0.39, 0.29) is 17.4 Å². The minimum Gasteiger partial charge on any atom is -0.493 e. The Bertz CT molecular complexity index is 634. The van der Waals surface area contributed by atoms with Gasteiger partial charge in [0.2, 0.25) is 5.91 Å². The lowest BCUT2D eigenvalue weighted by Crippen LogP contribution is -2.36. The number of urea groups is 1. The van der Waals surface area contributed by atoms with Crippen LogP contribution in [0.2, 0.25) is 0 Å². The fraction of sp³-hybridized carbons (Fsp3) is 0.500. The number of hydrogen-bond donors (Lipinski definition) is 2. The lowest BCUT2D eigenvalue weighted by Gasteiger charge is -2.22. The lowest BCUT2D eigenvalue weighted by molar-refractivity contribution is -0.119. The molecule has 7 heteroatoms. The molecule has 1 spiro atoms. The molecule has 7 nitrogen and oxygen atoms in total. The molecule has 23 heavy (non-hydrogen) atoms. The molecule has 124 valence electrons. The summed E-state index contributed by atoms with van der Waals surface area (Å²) in [6.45, 7) is 1.92. The molecule has 2 N–H and O–H groups in total. The Balaban J connectivity index is 1.65. The van der Waals surface area contributed by atoms with Crippen molar-refractivity contribution in [2.45, 2.75) is 12.8 Å². The first-order valence-corrected chi connectivity index (χ1v) is 7.60. The summed E-state index contributed by atoms with van der Waals surface area (Å²) in [7, 11) is 3.12. The third kappa shape index (κ3) is 3.04. The van der Waals surface area contributed by atoms with E-state index in [9.17, 15) is 9.59 Å². The van der Waals surface area contributed by atoms with Gasteiger partial charge in [0.05, 0.1) is 14.2 Å². The zero-order valence-electron chi connectivity index (χ0n) is 13.3. The number of methoxy groups -OCH3 is 2. The molecule has 1 aromatic rings. The first-order valence-electron chi connectivity index (χ1n) is 7.60. The molecule has 0 radical (unpaired) electrons. The summed E-state index contributed by atoms with van der Waals surface area (Å²) >= 11 is 0. The quantitative estimate of drug-likeness (QED) is 0.884. The van der Waals surface area contributed by atoms with Gasteiger partial charge in [0.25, 0.3) is 0 Å². The van der Waals surface area contributed by atoms with Crippen molar-refractivity contribution in [3.63, 3.8) is 0 Å². The van der Waals surface area contributed by atoms with Crippen molar-refractivity contribution in [3.8, 4) is 11.5 Å². The maximum Gasteiger partial charge on any atom is 0.321 e. The van der Waals surface area contributed by atoms with Gasteiger partial charge in [-0.1, -0.05) is 0 Å². The van der Waals surface area contributed by atoms with Gasteiger partial charge in [-0.15, -0.1) is 0 Å². The van der Waals surface area contributed by atoms with Gasteiger partial charge in [0.15, 0.2) is 11.5 Å². The van der Waals surface area contributed by atoms with E-state index in [2.05, 4.69) is 10.6 Å². The highest BCUT2D eigenvalue weighted by atomic mass is 16.5. The van der Waals surface area contributed by atoms with E-state index >= 15 is 0 Å². The molecule has 0 saturated carbocycles. The predicted octanol–water partition coefficient (Wildman–Crippen LogP) is 1.45. The highest BCUT2D eigenvalue weighted by molar-refractivity contribution is 5.90. The van der Waals surface area contributed by atoms with E-state index in [4.69, 9.17) is 9.47 Å². The number of carbonyl (C=O) groups excluding carboxylic acids is 2. The molecule has 2 aliphatic rings. The molecular weight excluding hydrogens is 298 g/mol. The highest BCUT2D eigenvalue weighted by Gasteiger charge is 2.45. The van der Waals surface area contributed by atoms with Crippen molar-refractivity contribution in [2.75, 3.05) is 39.2 Å². The van der Waals surface area contributed by atoms with Crippen LogP contribution in [0.15, 0.2) is 18.2 Å². The van der Waals surface area contributed by atoms with Gasteiger partial charge in [0.1, 0.15) is 0 Å². The van der Waals surface area contributed by atoms with Gasteiger partial charge in [-0.2, -0.15) is 0 Å². The number of nitrogens with one attached hydrogen (secondary N) is 2. The second-order valence-corrected chi connectivity index (χ2v) is 6.12. The number of anilines is 1. The van der Waals surface area contributed by atoms with Gasteiger partial charge in [-0.3, -0.25) is 4.79 Å². The fourth-order valence-electron chi connectivity index (χ4n) is 3.27. The van der Waals surface area contributed by atoms with Crippen LogP contribution in [-0.4, -0.2) is 50.7 Å². The summed E-state index contributed by atoms with van der Waals surface area (Å²) in [6.07, 6.45) is 1.36. The van der Waals surface area contributed by atoms with Crippen LogP contribution >= 0.6 is 0 Å². The van der Waals surface area contributed by atoms with Gasteiger partial charge in [0, 0.05) is 43.2 Å². The summed E-state index contributed by atoms with van der Waals surface area (Å²) in [4.78, 5) is 25.6. The molecular formula is C16H21N3O4. The van der Waals surface area contributed by atoms with Crippen LogP contribution in [-0.2, 0) is 4.79 Å². The average molecular weight is 319 g/mol.